The van der Waals surface area contributed by atoms with Crippen LogP contribution in [0.2, 0.25) is 5.02 Å². The van der Waals surface area contributed by atoms with Crippen LogP contribution >= 0.6 is 23.4 Å². The highest BCUT2D eigenvalue weighted by molar-refractivity contribution is 7.99. The van der Waals surface area contributed by atoms with E-state index >= 15 is 0 Å². The van der Waals surface area contributed by atoms with Crippen molar-refractivity contribution in [3.8, 4) is 17.2 Å². The lowest BCUT2D eigenvalue weighted by molar-refractivity contribution is 0.329. The number of halogens is 1. The van der Waals surface area contributed by atoms with E-state index in [0.29, 0.717) is 5.02 Å². The second-order valence-corrected chi connectivity index (χ2v) is 6.26. The molecular formula is C16H16ClNO2S. The zero-order valence-corrected chi connectivity index (χ0v) is 13.3. The van der Waals surface area contributed by atoms with Crippen molar-refractivity contribution in [1.29, 1.82) is 0 Å². The maximum absolute atomic E-state index is 6.07. The quantitative estimate of drug-likeness (QED) is 0.907. The Bertz CT molecular complexity index is 648. The monoisotopic (exact) mass is 321 g/mol. The van der Waals surface area contributed by atoms with Gasteiger partial charge in [-0.15, -0.1) is 11.8 Å². The number of nitrogens with one attached hydrogen (secondary N) is 1. The number of thioether (sulfide) groups is 1. The first kappa shape index (κ1) is 14.6. The Kier molecular flexibility index (Phi) is 4.58. The number of fused-ring (bicyclic) bond motifs is 1. The molecule has 0 aromatic heterocycles. The Morgan fingerprint density at radius 1 is 1.29 bits per heavy atom. The van der Waals surface area contributed by atoms with Crippen molar-refractivity contribution in [3.63, 3.8) is 0 Å². The number of hydrogen-bond donors (Lipinski definition) is 1. The molecule has 1 N–H and O–H groups in total. The topological polar surface area (TPSA) is 30.5 Å². The van der Waals surface area contributed by atoms with Crippen molar-refractivity contribution in [3.05, 3.63) is 47.0 Å². The minimum atomic E-state index is 0.667. The third-order valence-electron chi connectivity index (χ3n) is 3.14. The number of ether oxygens (including phenoxy) is 2. The van der Waals surface area contributed by atoms with Crippen LogP contribution in [0.3, 0.4) is 0 Å². The van der Waals surface area contributed by atoms with E-state index < -0.39 is 0 Å². The number of rotatable bonds is 4. The minimum Gasteiger partial charge on any atom is -0.492 e. The first-order chi connectivity index (χ1) is 10.3. The van der Waals surface area contributed by atoms with E-state index in [2.05, 4.69) is 5.32 Å². The van der Waals surface area contributed by atoms with Gasteiger partial charge in [0.25, 0.3) is 0 Å². The fourth-order valence-corrected chi connectivity index (χ4v) is 3.19. The van der Waals surface area contributed by atoms with Gasteiger partial charge in [-0.2, -0.15) is 0 Å². The van der Waals surface area contributed by atoms with Gasteiger partial charge in [0, 0.05) is 22.9 Å². The van der Waals surface area contributed by atoms with Gasteiger partial charge in [0.15, 0.2) is 0 Å². The maximum Gasteiger partial charge on any atom is 0.133 e. The Balaban J connectivity index is 1.87. The molecule has 21 heavy (non-hydrogen) atoms. The van der Waals surface area contributed by atoms with Crippen molar-refractivity contribution in [2.45, 2.75) is 11.4 Å². The molecule has 110 valence electrons. The molecule has 2 aromatic rings. The molecule has 2 aromatic carbocycles. The summed E-state index contributed by atoms with van der Waals surface area (Å²) in [5.41, 5.74) is 1.07. The van der Waals surface area contributed by atoms with Gasteiger partial charge in [-0.3, -0.25) is 0 Å². The van der Waals surface area contributed by atoms with E-state index in [9.17, 15) is 0 Å². The summed E-state index contributed by atoms with van der Waals surface area (Å²) in [5.74, 6) is 3.48. The highest BCUT2D eigenvalue weighted by Gasteiger charge is 2.13. The predicted octanol–water partition coefficient (Wildman–Crippen LogP) is 4.34. The standard InChI is InChI=1S/C16H16ClNO2S/c1-18-10-11-2-3-12(17)8-15(11)20-13-4-5-14-16(9-13)21-7-6-19-14/h2-5,8-9,18H,6-7,10H2,1H3. The molecule has 0 saturated heterocycles. The van der Waals surface area contributed by atoms with Crippen LogP contribution < -0.4 is 14.8 Å². The molecule has 0 atom stereocenters. The first-order valence-electron chi connectivity index (χ1n) is 6.77. The molecule has 1 heterocycles. The maximum atomic E-state index is 6.07. The zero-order valence-electron chi connectivity index (χ0n) is 11.7. The normalized spacial score (nSPS) is 13.4. The second-order valence-electron chi connectivity index (χ2n) is 4.69. The molecule has 0 radical (unpaired) electrons. The smallest absolute Gasteiger partial charge is 0.133 e. The van der Waals surface area contributed by atoms with Crippen molar-refractivity contribution in [2.24, 2.45) is 0 Å². The van der Waals surface area contributed by atoms with E-state index in [4.69, 9.17) is 21.1 Å². The highest BCUT2D eigenvalue weighted by atomic mass is 35.5. The van der Waals surface area contributed by atoms with Crippen LogP contribution in [0.25, 0.3) is 0 Å². The van der Waals surface area contributed by atoms with E-state index in [0.717, 1.165) is 46.6 Å². The lowest BCUT2D eigenvalue weighted by Gasteiger charge is -2.18. The zero-order chi connectivity index (χ0) is 14.7. The SMILES string of the molecule is CNCc1ccc(Cl)cc1Oc1ccc2c(c1)SCCO2. The lowest BCUT2D eigenvalue weighted by Crippen LogP contribution is -2.07. The fourth-order valence-electron chi connectivity index (χ4n) is 2.17. The average molecular weight is 322 g/mol. The summed E-state index contributed by atoms with van der Waals surface area (Å²) < 4.78 is 11.6. The van der Waals surface area contributed by atoms with Crippen molar-refractivity contribution >= 4 is 23.4 Å². The van der Waals surface area contributed by atoms with Crippen molar-refractivity contribution in [1.82, 2.24) is 5.32 Å². The van der Waals surface area contributed by atoms with E-state index in [1.54, 1.807) is 11.8 Å². The van der Waals surface area contributed by atoms with Crippen molar-refractivity contribution < 1.29 is 9.47 Å². The Hall–Kier alpha value is -1.36. The summed E-state index contributed by atoms with van der Waals surface area (Å²) in [5, 5.41) is 3.80. The van der Waals surface area contributed by atoms with Crippen LogP contribution in [0.5, 0.6) is 17.2 Å². The molecule has 0 bridgehead atoms. The summed E-state index contributed by atoms with van der Waals surface area (Å²) in [4.78, 5) is 1.12. The lowest BCUT2D eigenvalue weighted by atomic mass is 10.2. The van der Waals surface area contributed by atoms with Crippen LogP contribution in [0.4, 0.5) is 0 Å². The van der Waals surface area contributed by atoms with Gasteiger partial charge in [0.05, 0.1) is 11.5 Å². The Labute approximate surface area is 133 Å². The molecule has 1 aliphatic heterocycles. The molecule has 0 fully saturated rings. The van der Waals surface area contributed by atoms with Crippen LogP contribution in [0.15, 0.2) is 41.3 Å². The molecule has 3 rings (SSSR count). The number of benzene rings is 2. The van der Waals surface area contributed by atoms with Crippen LogP contribution in [0.1, 0.15) is 5.56 Å². The van der Waals surface area contributed by atoms with Gasteiger partial charge in [-0.05, 0) is 37.4 Å². The highest BCUT2D eigenvalue weighted by Crippen LogP contribution is 2.37. The van der Waals surface area contributed by atoms with Crippen molar-refractivity contribution in [2.75, 3.05) is 19.4 Å². The van der Waals surface area contributed by atoms with Gasteiger partial charge in [0.1, 0.15) is 17.2 Å². The largest absolute Gasteiger partial charge is 0.492 e. The van der Waals surface area contributed by atoms with Gasteiger partial charge in [-0.25, -0.2) is 0 Å². The molecule has 0 aliphatic carbocycles. The molecular weight excluding hydrogens is 306 g/mol. The van der Waals surface area contributed by atoms with Crippen LogP contribution in [-0.2, 0) is 6.54 Å². The van der Waals surface area contributed by atoms with E-state index in [1.807, 2.05) is 43.4 Å². The third kappa shape index (κ3) is 3.46. The Morgan fingerprint density at radius 3 is 3.05 bits per heavy atom. The third-order valence-corrected chi connectivity index (χ3v) is 4.37. The van der Waals surface area contributed by atoms with E-state index in [1.165, 1.54) is 0 Å². The summed E-state index contributed by atoms with van der Waals surface area (Å²) >= 11 is 7.86. The molecule has 3 nitrogen and oxygen atoms in total. The molecule has 0 saturated carbocycles. The summed E-state index contributed by atoms with van der Waals surface area (Å²) in [6, 6.07) is 11.6. The van der Waals surface area contributed by atoms with Gasteiger partial charge < -0.3 is 14.8 Å². The second kappa shape index (κ2) is 6.60. The molecule has 5 heteroatoms. The van der Waals surface area contributed by atoms with Gasteiger partial charge in [0.2, 0.25) is 0 Å². The average Bonchev–Trinajstić information content (AvgIpc) is 2.50. The minimum absolute atomic E-state index is 0.667. The van der Waals surface area contributed by atoms with Gasteiger partial charge in [-0.1, -0.05) is 17.7 Å². The molecule has 0 spiro atoms. The summed E-state index contributed by atoms with van der Waals surface area (Å²) in [7, 11) is 1.91. The molecule has 1 aliphatic rings. The Morgan fingerprint density at radius 2 is 2.19 bits per heavy atom. The predicted molar refractivity (Wildman–Crippen MR) is 87.0 cm³/mol. The fraction of sp³-hybridized carbons (Fsp3) is 0.250. The number of hydrogen-bond acceptors (Lipinski definition) is 4. The van der Waals surface area contributed by atoms with Gasteiger partial charge >= 0.3 is 0 Å². The first-order valence-corrected chi connectivity index (χ1v) is 8.13. The van der Waals surface area contributed by atoms with Crippen LogP contribution in [-0.4, -0.2) is 19.4 Å². The van der Waals surface area contributed by atoms with E-state index in [-0.39, 0.29) is 0 Å². The summed E-state index contributed by atoms with van der Waals surface area (Å²) in [6.07, 6.45) is 0. The summed E-state index contributed by atoms with van der Waals surface area (Å²) in [6.45, 7) is 1.49. The van der Waals surface area contributed by atoms with Crippen LogP contribution in [0, 0.1) is 0 Å². The molecule has 0 amide bonds. The molecule has 0 unspecified atom stereocenters.